The minimum Gasteiger partial charge on any atom is -0.744 e. The van der Waals surface area contributed by atoms with Crippen LogP contribution in [0, 0.1) is 0 Å². The molecule has 26 heteroatoms. The molecule has 18 nitrogen and oxygen atoms in total. The van der Waals surface area contributed by atoms with Crippen molar-refractivity contribution in [3.8, 4) is 0 Å². The van der Waals surface area contributed by atoms with Gasteiger partial charge in [-0.05, 0) is 36.4 Å². The molecule has 2 radical (unpaired) electrons. The maximum atomic E-state index is 10.5. The van der Waals surface area contributed by atoms with E-state index in [4.69, 9.17) is 0 Å². The molecule has 0 aliphatic carbocycles. The van der Waals surface area contributed by atoms with Crippen LogP contribution in [0.5, 0.6) is 0 Å². The summed E-state index contributed by atoms with van der Waals surface area (Å²) in [5.74, 6) is 0. The maximum Gasteiger partial charge on any atom is 3.00 e. The van der Waals surface area contributed by atoms with E-state index in [1.54, 1.807) is 0 Å². The second-order valence-electron chi connectivity index (χ2n) is 7.06. The van der Waals surface area contributed by atoms with Crippen molar-refractivity contribution in [2.45, 2.75) is 29.4 Å². The summed E-state index contributed by atoms with van der Waals surface area (Å²) in [4.78, 5) is -6.11. The normalized spacial score (nSPS) is 12.1. The van der Waals surface area contributed by atoms with Gasteiger partial charge in [-0.25, -0.2) is 50.5 Å². The molecule has 0 aliphatic heterocycles. The summed E-state index contributed by atoms with van der Waals surface area (Å²) in [6, 6.07) is 11.5. The summed E-state index contributed by atoms with van der Waals surface area (Å²) in [6.07, 6.45) is 0. The van der Waals surface area contributed by atoms with E-state index >= 15 is 0 Å². The summed E-state index contributed by atoms with van der Waals surface area (Å²) in [5.41, 5.74) is 0. The van der Waals surface area contributed by atoms with Crippen molar-refractivity contribution in [1.82, 2.24) is 0 Å². The van der Waals surface area contributed by atoms with Crippen LogP contribution in [0.2, 0.25) is 0 Å². The minimum absolute atomic E-state index is 0. The Hall–Kier alpha value is -1.82. The second kappa shape index (κ2) is 16.1. The molecule has 0 aromatic heterocycles. The molecule has 3 aromatic carbocycles. The first-order valence-corrected chi connectivity index (χ1v) is 18.2. The molecular weight excluding hydrogens is 801 g/mol. The van der Waals surface area contributed by atoms with Crippen LogP contribution in [0.15, 0.2) is 102 Å². The average molecular weight is 813 g/mol. The minimum atomic E-state index is -4.95. The number of rotatable bonds is 6. The van der Waals surface area contributed by atoms with E-state index in [0.29, 0.717) is 0 Å². The van der Waals surface area contributed by atoms with Crippen LogP contribution >= 0.6 is 0 Å². The SMILES string of the molecule is O=S(=O)([O-])c1ccccc1S(=O)(=O)[O-].O=S(=O)([O-])c1ccccc1S(=O)(=O)[O-].O=S(=O)([O-])c1ccccc1S(=O)(=O)[O-].[Cr+3].[Cr+3]. The van der Waals surface area contributed by atoms with Crippen LogP contribution in [0.25, 0.3) is 0 Å². The molecule has 0 saturated heterocycles. The smallest absolute Gasteiger partial charge is 0.744 e. The fourth-order valence-corrected chi connectivity index (χ4v) is 7.78. The topological polar surface area (TPSA) is 343 Å². The molecule has 0 unspecified atom stereocenters. The van der Waals surface area contributed by atoms with Gasteiger partial charge in [-0.3, -0.25) is 0 Å². The standard InChI is InChI=1S/3C6H6O6S2.2Cr/c3*7-13(8,9)5-3-1-2-4-6(5)14(10,11)12;;/h3*1-4H,(H,7,8,9)(H,10,11,12);;/q;;;2*+3/p-6. The zero-order chi connectivity index (χ0) is 32.9. The van der Waals surface area contributed by atoms with Gasteiger partial charge in [0.2, 0.25) is 0 Å². The van der Waals surface area contributed by atoms with Gasteiger partial charge in [0.1, 0.15) is 60.7 Å². The Labute approximate surface area is 273 Å². The van der Waals surface area contributed by atoms with Crippen molar-refractivity contribution >= 4 is 60.7 Å². The van der Waals surface area contributed by atoms with Gasteiger partial charge in [-0.1, -0.05) is 36.4 Å². The zero-order valence-electron chi connectivity index (χ0n) is 20.5. The van der Waals surface area contributed by atoms with Gasteiger partial charge in [0.15, 0.2) is 0 Å². The van der Waals surface area contributed by atoms with E-state index in [2.05, 4.69) is 0 Å². The monoisotopic (exact) mass is 812 g/mol. The quantitative estimate of drug-likeness (QED) is 0.255. The van der Waals surface area contributed by atoms with E-state index in [-0.39, 0.29) is 34.7 Å². The predicted molar refractivity (Wildman–Crippen MR) is 127 cm³/mol. The summed E-state index contributed by atoms with van der Waals surface area (Å²) < 4.78 is 190. The molecule has 0 heterocycles. The van der Waals surface area contributed by atoms with E-state index < -0.39 is 90.1 Å². The van der Waals surface area contributed by atoms with E-state index in [1.807, 2.05) is 0 Å². The molecule has 240 valence electrons. The maximum absolute atomic E-state index is 10.5. The first-order valence-electron chi connectivity index (χ1n) is 9.71. The average Bonchev–Trinajstić information content (AvgIpc) is 2.82. The van der Waals surface area contributed by atoms with Gasteiger partial charge in [0.25, 0.3) is 0 Å². The Morgan fingerprint density at radius 2 is 0.364 bits per heavy atom. The summed E-state index contributed by atoms with van der Waals surface area (Å²) in [6.45, 7) is 0. The third kappa shape index (κ3) is 13.7. The Bertz CT molecular complexity index is 1730. The van der Waals surface area contributed by atoms with Gasteiger partial charge in [-0.15, -0.1) is 0 Å². The fourth-order valence-electron chi connectivity index (χ4n) is 2.59. The van der Waals surface area contributed by atoms with Crippen molar-refractivity contribution in [2.75, 3.05) is 0 Å². The molecule has 0 bridgehead atoms. The molecule has 0 N–H and O–H groups in total. The Morgan fingerprint density at radius 3 is 0.432 bits per heavy atom. The molecule has 0 aliphatic rings. The Kier molecular flexibility index (Phi) is 16.3. The third-order valence-electron chi connectivity index (χ3n) is 4.16. The van der Waals surface area contributed by atoms with Crippen LogP contribution in [-0.4, -0.2) is 77.8 Å². The van der Waals surface area contributed by atoms with Crippen molar-refractivity contribution in [2.24, 2.45) is 0 Å². The molecule has 0 spiro atoms. The fraction of sp³-hybridized carbons (Fsp3) is 0. The third-order valence-corrected chi connectivity index (χ3v) is 9.92. The van der Waals surface area contributed by atoms with E-state index in [0.717, 1.165) is 72.8 Å². The second-order valence-corrected chi connectivity index (χ2v) is 15.2. The van der Waals surface area contributed by atoms with Gasteiger partial charge < -0.3 is 27.3 Å². The summed E-state index contributed by atoms with van der Waals surface area (Å²) >= 11 is 0. The Balaban J connectivity index is 0. The number of hydrogen-bond acceptors (Lipinski definition) is 18. The largest absolute Gasteiger partial charge is 3.00 e. The molecule has 0 atom stereocenters. The van der Waals surface area contributed by atoms with Crippen LogP contribution in [0.1, 0.15) is 0 Å². The van der Waals surface area contributed by atoms with Crippen molar-refractivity contribution in [3.63, 3.8) is 0 Å². The first-order chi connectivity index (χ1) is 18.7. The summed E-state index contributed by atoms with van der Waals surface area (Å²) in [5, 5.41) is 0. The van der Waals surface area contributed by atoms with Crippen molar-refractivity contribution in [1.29, 1.82) is 0 Å². The first kappa shape index (κ1) is 44.3. The van der Waals surface area contributed by atoms with Crippen molar-refractivity contribution in [3.05, 3.63) is 72.8 Å². The number of benzene rings is 3. The van der Waals surface area contributed by atoms with Crippen LogP contribution in [0.3, 0.4) is 0 Å². The van der Waals surface area contributed by atoms with Crippen LogP contribution in [0.4, 0.5) is 0 Å². The van der Waals surface area contributed by atoms with Crippen molar-refractivity contribution < 1.29 is 113 Å². The molecule has 0 saturated carbocycles. The summed E-state index contributed by atoms with van der Waals surface area (Å²) in [7, 11) is -29.7. The Morgan fingerprint density at radius 1 is 0.273 bits per heavy atom. The van der Waals surface area contributed by atoms with Gasteiger partial charge in [0.05, 0.1) is 29.4 Å². The van der Waals surface area contributed by atoms with Gasteiger partial charge in [-0.2, -0.15) is 0 Å². The molecule has 0 fully saturated rings. The molecule has 3 rings (SSSR count). The van der Waals surface area contributed by atoms with E-state index in [1.165, 1.54) is 0 Å². The van der Waals surface area contributed by atoms with Crippen LogP contribution < -0.4 is 0 Å². The van der Waals surface area contributed by atoms with Crippen LogP contribution in [-0.2, 0) is 95.4 Å². The molecule has 3 aromatic rings. The predicted octanol–water partition coefficient (Wildman–Crippen LogP) is -1.52. The van der Waals surface area contributed by atoms with E-state index in [9.17, 15) is 77.8 Å². The molecule has 44 heavy (non-hydrogen) atoms. The zero-order valence-corrected chi connectivity index (χ0v) is 28.0. The van der Waals surface area contributed by atoms with Gasteiger partial charge in [0, 0.05) is 0 Å². The number of hydrogen-bond donors (Lipinski definition) is 0. The molecule has 0 amide bonds. The van der Waals surface area contributed by atoms with Gasteiger partial charge >= 0.3 is 34.7 Å². The molecular formula is C18H12Cr2O18S6.